The highest BCUT2D eigenvalue weighted by molar-refractivity contribution is 6.35. The lowest BCUT2D eigenvalue weighted by Crippen LogP contribution is -2.28. The summed E-state index contributed by atoms with van der Waals surface area (Å²) in [6, 6.07) is 4.78. The Kier molecular flexibility index (Phi) is 5.63. The first-order valence-electron chi connectivity index (χ1n) is 6.62. The van der Waals surface area contributed by atoms with Crippen LogP contribution in [0.15, 0.2) is 22.6 Å². The number of benzene rings is 1. The third kappa shape index (κ3) is 4.61. The van der Waals surface area contributed by atoms with Gasteiger partial charge in [-0.25, -0.2) is 0 Å². The zero-order chi connectivity index (χ0) is 16.1. The predicted molar refractivity (Wildman–Crippen MR) is 82.2 cm³/mol. The third-order valence-electron chi connectivity index (χ3n) is 2.67. The van der Waals surface area contributed by atoms with Gasteiger partial charge in [0.2, 0.25) is 11.8 Å². The largest absolute Gasteiger partial charge is 0.482 e. The minimum atomic E-state index is -0.324. The Morgan fingerprint density at radius 3 is 2.77 bits per heavy atom. The van der Waals surface area contributed by atoms with Gasteiger partial charge in [-0.15, -0.1) is 10.2 Å². The van der Waals surface area contributed by atoms with E-state index in [-0.39, 0.29) is 25.0 Å². The van der Waals surface area contributed by atoms with Crippen molar-refractivity contribution in [2.24, 2.45) is 0 Å². The summed E-state index contributed by atoms with van der Waals surface area (Å²) in [6.07, 6.45) is 0. The Labute approximate surface area is 137 Å². The molecule has 118 valence electrons. The van der Waals surface area contributed by atoms with Gasteiger partial charge in [0.25, 0.3) is 5.91 Å². The molecule has 0 bridgehead atoms. The van der Waals surface area contributed by atoms with E-state index in [1.807, 2.05) is 13.8 Å². The zero-order valence-electron chi connectivity index (χ0n) is 12.1. The van der Waals surface area contributed by atoms with Crippen molar-refractivity contribution in [1.29, 1.82) is 0 Å². The van der Waals surface area contributed by atoms with Crippen molar-refractivity contribution in [3.05, 3.63) is 40.0 Å². The molecule has 0 aliphatic carbocycles. The number of nitrogens with zero attached hydrogens (tertiary/aromatic N) is 2. The summed E-state index contributed by atoms with van der Waals surface area (Å²) in [5.41, 5.74) is 0. The molecule has 1 aromatic heterocycles. The lowest BCUT2D eigenvalue weighted by atomic mass is 10.2. The number of hydrogen-bond donors (Lipinski definition) is 1. The maximum atomic E-state index is 11.7. The van der Waals surface area contributed by atoms with Gasteiger partial charge in [-0.2, -0.15) is 0 Å². The molecular formula is C14H15Cl2N3O3. The number of halogens is 2. The van der Waals surface area contributed by atoms with Crippen LogP contribution in [0.3, 0.4) is 0 Å². The molecule has 0 saturated carbocycles. The van der Waals surface area contributed by atoms with Gasteiger partial charge in [-0.1, -0.05) is 37.0 Å². The second kappa shape index (κ2) is 7.47. The Balaban J connectivity index is 1.80. The molecule has 1 amide bonds. The topological polar surface area (TPSA) is 77.2 Å². The molecule has 0 aliphatic heterocycles. The summed E-state index contributed by atoms with van der Waals surface area (Å²) in [4.78, 5) is 11.7. The van der Waals surface area contributed by atoms with Crippen molar-refractivity contribution in [3.8, 4) is 5.75 Å². The maximum absolute atomic E-state index is 11.7. The summed E-state index contributed by atoms with van der Waals surface area (Å²) >= 11 is 11.7. The van der Waals surface area contributed by atoms with Gasteiger partial charge in [0.05, 0.1) is 11.6 Å². The smallest absolute Gasteiger partial charge is 0.258 e. The summed E-state index contributed by atoms with van der Waals surface area (Å²) in [6.45, 7) is 3.86. The minimum absolute atomic E-state index is 0.146. The monoisotopic (exact) mass is 343 g/mol. The molecule has 22 heavy (non-hydrogen) atoms. The number of amides is 1. The first kappa shape index (κ1) is 16.6. The molecular weight excluding hydrogens is 329 g/mol. The van der Waals surface area contributed by atoms with Crippen molar-refractivity contribution in [1.82, 2.24) is 15.5 Å². The van der Waals surface area contributed by atoms with Gasteiger partial charge < -0.3 is 14.5 Å². The van der Waals surface area contributed by atoms with Crippen LogP contribution in [-0.4, -0.2) is 22.7 Å². The lowest BCUT2D eigenvalue weighted by molar-refractivity contribution is -0.123. The van der Waals surface area contributed by atoms with E-state index >= 15 is 0 Å². The molecule has 6 nitrogen and oxygen atoms in total. The van der Waals surface area contributed by atoms with Crippen molar-refractivity contribution in [3.63, 3.8) is 0 Å². The van der Waals surface area contributed by atoms with Gasteiger partial charge in [-0.05, 0) is 18.2 Å². The second-order valence-electron chi connectivity index (χ2n) is 4.83. The molecule has 2 aromatic rings. The van der Waals surface area contributed by atoms with E-state index in [0.29, 0.717) is 27.6 Å². The van der Waals surface area contributed by atoms with Crippen molar-refractivity contribution < 1.29 is 13.9 Å². The van der Waals surface area contributed by atoms with Crippen LogP contribution in [0.2, 0.25) is 10.0 Å². The van der Waals surface area contributed by atoms with E-state index < -0.39 is 0 Å². The normalized spacial score (nSPS) is 10.8. The highest BCUT2D eigenvalue weighted by atomic mass is 35.5. The number of carbonyl (C=O) groups excluding carboxylic acids is 1. The van der Waals surface area contributed by atoms with E-state index in [9.17, 15) is 4.79 Å². The SMILES string of the molecule is CC(C)c1nnc(CNC(=O)COc2ccc(Cl)cc2Cl)o1. The number of ether oxygens (including phenoxy) is 1. The molecule has 0 fully saturated rings. The van der Waals surface area contributed by atoms with Gasteiger partial charge >= 0.3 is 0 Å². The highest BCUT2D eigenvalue weighted by Gasteiger charge is 2.11. The zero-order valence-corrected chi connectivity index (χ0v) is 13.6. The summed E-state index contributed by atoms with van der Waals surface area (Å²) in [7, 11) is 0. The number of hydrogen-bond acceptors (Lipinski definition) is 5. The molecule has 1 aromatic carbocycles. The molecule has 0 atom stereocenters. The fraction of sp³-hybridized carbons (Fsp3) is 0.357. The minimum Gasteiger partial charge on any atom is -0.482 e. The van der Waals surface area contributed by atoms with E-state index in [0.717, 1.165) is 0 Å². The maximum Gasteiger partial charge on any atom is 0.258 e. The van der Waals surface area contributed by atoms with Gasteiger partial charge in [0.15, 0.2) is 6.61 Å². The van der Waals surface area contributed by atoms with Crippen LogP contribution in [0.25, 0.3) is 0 Å². The first-order chi connectivity index (χ1) is 10.5. The lowest BCUT2D eigenvalue weighted by Gasteiger charge is -2.08. The highest BCUT2D eigenvalue weighted by Crippen LogP contribution is 2.27. The van der Waals surface area contributed by atoms with Crippen LogP contribution in [0, 0.1) is 0 Å². The average Bonchev–Trinajstić information content (AvgIpc) is 2.93. The van der Waals surface area contributed by atoms with E-state index in [2.05, 4.69) is 15.5 Å². The van der Waals surface area contributed by atoms with Crippen molar-refractivity contribution >= 4 is 29.1 Å². The molecule has 1 N–H and O–H groups in total. The molecule has 0 saturated heterocycles. The fourth-order valence-electron chi connectivity index (χ4n) is 1.53. The van der Waals surface area contributed by atoms with E-state index in [1.54, 1.807) is 18.2 Å². The first-order valence-corrected chi connectivity index (χ1v) is 7.38. The number of rotatable bonds is 6. The van der Waals surface area contributed by atoms with Crippen LogP contribution >= 0.6 is 23.2 Å². The number of nitrogens with one attached hydrogen (secondary N) is 1. The Hall–Kier alpha value is -1.79. The Bertz CT molecular complexity index is 659. The van der Waals surface area contributed by atoms with Crippen LogP contribution in [0.5, 0.6) is 5.75 Å². The van der Waals surface area contributed by atoms with Gasteiger partial charge in [0, 0.05) is 10.9 Å². The van der Waals surface area contributed by atoms with Crippen LogP contribution in [-0.2, 0) is 11.3 Å². The standard InChI is InChI=1S/C14H15Cl2N3O3/c1-8(2)14-19-18-13(22-14)6-17-12(20)7-21-11-4-3-9(15)5-10(11)16/h3-5,8H,6-7H2,1-2H3,(H,17,20). The summed E-state index contributed by atoms with van der Waals surface area (Å²) in [5.74, 6) is 1.10. The number of aromatic nitrogens is 2. The quantitative estimate of drug-likeness (QED) is 0.871. The van der Waals surface area contributed by atoms with Crippen molar-refractivity contribution in [2.75, 3.05) is 6.61 Å². The van der Waals surface area contributed by atoms with Crippen LogP contribution in [0.1, 0.15) is 31.5 Å². The molecule has 0 radical (unpaired) electrons. The van der Waals surface area contributed by atoms with Crippen LogP contribution in [0.4, 0.5) is 0 Å². The second-order valence-corrected chi connectivity index (χ2v) is 5.67. The average molecular weight is 344 g/mol. The van der Waals surface area contributed by atoms with E-state index in [1.165, 1.54) is 0 Å². The molecule has 1 heterocycles. The van der Waals surface area contributed by atoms with Crippen molar-refractivity contribution in [2.45, 2.75) is 26.3 Å². The Morgan fingerprint density at radius 2 is 2.14 bits per heavy atom. The summed E-state index contributed by atoms with van der Waals surface area (Å²) in [5, 5.41) is 11.2. The molecule has 0 aliphatic rings. The van der Waals surface area contributed by atoms with Gasteiger partial charge in [-0.3, -0.25) is 4.79 Å². The molecule has 2 rings (SSSR count). The molecule has 0 unspecified atom stereocenters. The van der Waals surface area contributed by atoms with Crippen LogP contribution < -0.4 is 10.1 Å². The molecule has 8 heteroatoms. The third-order valence-corrected chi connectivity index (χ3v) is 3.20. The van der Waals surface area contributed by atoms with Gasteiger partial charge in [0.1, 0.15) is 5.75 Å². The Morgan fingerprint density at radius 1 is 1.36 bits per heavy atom. The number of carbonyl (C=O) groups is 1. The molecule has 0 spiro atoms. The summed E-state index contributed by atoms with van der Waals surface area (Å²) < 4.78 is 10.7. The predicted octanol–water partition coefficient (Wildman–Crippen LogP) is 3.20. The fourth-order valence-corrected chi connectivity index (χ4v) is 2.00. The van der Waals surface area contributed by atoms with E-state index in [4.69, 9.17) is 32.4 Å².